The molecule has 0 aliphatic heterocycles. The third kappa shape index (κ3) is 2.33. The third-order valence-corrected chi connectivity index (χ3v) is 3.89. The van der Waals surface area contributed by atoms with E-state index in [9.17, 15) is 0 Å². The molecule has 1 atom stereocenters. The van der Waals surface area contributed by atoms with Gasteiger partial charge in [-0.15, -0.1) is 6.58 Å². The van der Waals surface area contributed by atoms with Crippen LogP contribution in [0.2, 0.25) is 0 Å². The number of benzene rings is 2. The van der Waals surface area contributed by atoms with Gasteiger partial charge >= 0.3 is 0 Å². The molecule has 2 rings (SSSR count). The molecule has 88 valence electrons. The number of fused-ring (bicyclic) bond motifs is 1. The Morgan fingerprint density at radius 3 is 2.76 bits per heavy atom. The van der Waals surface area contributed by atoms with E-state index in [1.54, 1.807) is 0 Å². The van der Waals surface area contributed by atoms with Gasteiger partial charge in [-0.25, -0.2) is 0 Å². The van der Waals surface area contributed by atoms with Crippen LogP contribution in [-0.2, 0) is 10.8 Å². The summed E-state index contributed by atoms with van der Waals surface area (Å²) in [4.78, 5) is 0. The molecule has 0 spiro atoms. The molecule has 0 aromatic heterocycles. The number of rotatable bonds is 4. The first kappa shape index (κ1) is 12.1. The molecule has 0 radical (unpaired) electrons. The maximum absolute atomic E-state index is 5.64. The SMILES string of the molecule is C=CCc1ccc2ccccc2c1C(C)O[SiH3]. The maximum atomic E-state index is 5.64. The first-order valence-corrected chi connectivity index (χ1v) is 6.73. The Morgan fingerprint density at radius 1 is 1.29 bits per heavy atom. The van der Waals surface area contributed by atoms with E-state index in [-0.39, 0.29) is 6.10 Å². The van der Waals surface area contributed by atoms with Crippen LogP contribution in [0.25, 0.3) is 10.8 Å². The smallest absolute Gasteiger partial charge is 0.146 e. The molecular formula is C15H18OSi. The molecular weight excluding hydrogens is 224 g/mol. The van der Waals surface area contributed by atoms with Gasteiger partial charge in [0.15, 0.2) is 0 Å². The summed E-state index contributed by atoms with van der Waals surface area (Å²) in [5.41, 5.74) is 2.64. The van der Waals surface area contributed by atoms with E-state index in [0.717, 1.165) is 16.9 Å². The standard InChI is InChI=1S/C15H18OSi/c1-3-6-13-10-9-12-7-4-5-8-14(12)15(13)11(2)16-17/h3-5,7-11H,1,6H2,2,17H3. The van der Waals surface area contributed by atoms with Crippen LogP contribution in [0.1, 0.15) is 24.2 Å². The Balaban J connectivity index is 2.69. The first-order valence-electron chi connectivity index (χ1n) is 5.92. The predicted octanol–water partition coefficient (Wildman–Crippen LogP) is 2.93. The summed E-state index contributed by atoms with van der Waals surface area (Å²) in [5, 5.41) is 2.58. The van der Waals surface area contributed by atoms with Crippen molar-refractivity contribution in [3.8, 4) is 0 Å². The van der Waals surface area contributed by atoms with Gasteiger partial charge in [-0.05, 0) is 35.2 Å². The highest BCUT2D eigenvalue weighted by Gasteiger charge is 2.12. The largest absolute Gasteiger partial charge is 0.421 e. The van der Waals surface area contributed by atoms with Crippen LogP contribution in [-0.4, -0.2) is 10.5 Å². The highest BCUT2D eigenvalue weighted by molar-refractivity contribution is 5.98. The van der Waals surface area contributed by atoms with Crippen molar-refractivity contribution >= 4 is 21.3 Å². The Hall–Kier alpha value is -1.38. The normalized spacial score (nSPS) is 12.8. The summed E-state index contributed by atoms with van der Waals surface area (Å²) in [6.07, 6.45) is 3.02. The molecule has 2 aromatic carbocycles. The van der Waals surface area contributed by atoms with Crippen LogP contribution in [0.15, 0.2) is 49.1 Å². The van der Waals surface area contributed by atoms with E-state index < -0.39 is 0 Å². The molecule has 0 aliphatic rings. The van der Waals surface area contributed by atoms with Crippen LogP contribution in [0.3, 0.4) is 0 Å². The predicted molar refractivity (Wildman–Crippen MR) is 77.3 cm³/mol. The van der Waals surface area contributed by atoms with E-state index in [1.807, 2.05) is 6.08 Å². The van der Waals surface area contributed by atoms with Crippen molar-refractivity contribution in [3.05, 3.63) is 60.2 Å². The topological polar surface area (TPSA) is 9.23 Å². The summed E-state index contributed by atoms with van der Waals surface area (Å²) < 4.78 is 5.64. The minimum atomic E-state index is 0.169. The molecule has 2 aromatic rings. The van der Waals surface area contributed by atoms with Gasteiger partial charge in [-0.3, -0.25) is 0 Å². The molecule has 1 nitrogen and oxygen atoms in total. The van der Waals surface area contributed by atoms with Gasteiger partial charge in [0.2, 0.25) is 0 Å². The average Bonchev–Trinajstić information content (AvgIpc) is 2.38. The molecule has 17 heavy (non-hydrogen) atoms. The van der Waals surface area contributed by atoms with E-state index in [4.69, 9.17) is 4.43 Å². The van der Waals surface area contributed by atoms with Gasteiger partial charge in [0.05, 0.1) is 6.10 Å². The second kappa shape index (κ2) is 5.30. The van der Waals surface area contributed by atoms with Crippen LogP contribution in [0.4, 0.5) is 0 Å². The van der Waals surface area contributed by atoms with Crippen molar-refractivity contribution in [2.24, 2.45) is 0 Å². The molecule has 0 amide bonds. The van der Waals surface area contributed by atoms with Crippen LogP contribution in [0.5, 0.6) is 0 Å². The van der Waals surface area contributed by atoms with Crippen molar-refractivity contribution in [2.45, 2.75) is 19.4 Å². The Morgan fingerprint density at radius 2 is 2.06 bits per heavy atom. The molecule has 1 unspecified atom stereocenters. The van der Waals surface area contributed by atoms with Gasteiger partial charge in [0, 0.05) is 0 Å². The first-order chi connectivity index (χ1) is 8.27. The second-order valence-corrected chi connectivity index (χ2v) is 4.70. The monoisotopic (exact) mass is 242 g/mol. The van der Waals surface area contributed by atoms with E-state index in [1.165, 1.54) is 21.9 Å². The molecule has 0 bridgehead atoms. The fourth-order valence-corrected chi connectivity index (χ4v) is 2.51. The van der Waals surface area contributed by atoms with Gasteiger partial charge < -0.3 is 4.43 Å². The van der Waals surface area contributed by atoms with E-state index in [2.05, 4.69) is 49.9 Å². The summed E-state index contributed by atoms with van der Waals surface area (Å²) in [5.74, 6) is 0. The van der Waals surface area contributed by atoms with E-state index >= 15 is 0 Å². The lowest BCUT2D eigenvalue weighted by atomic mass is 9.94. The average molecular weight is 242 g/mol. The summed E-state index contributed by atoms with van der Waals surface area (Å²) in [6.45, 7) is 5.96. The molecule has 0 heterocycles. The summed E-state index contributed by atoms with van der Waals surface area (Å²) in [6, 6.07) is 12.9. The van der Waals surface area contributed by atoms with Crippen molar-refractivity contribution in [1.29, 1.82) is 0 Å². The fraction of sp³-hybridized carbons (Fsp3) is 0.200. The second-order valence-electron chi connectivity index (χ2n) is 4.23. The fourth-order valence-electron chi connectivity index (χ4n) is 2.27. The minimum absolute atomic E-state index is 0.169. The highest BCUT2D eigenvalue weighted by Crippen LogP contribution is 2.29. The zero-order chi connectivity index (χ0) is 12.3. The van der Waals surface area contributed by atoms with Gasteiger partial charge in [0.25, 0.3) is 0 Å². The van der Waals surface area contributed by atoms with Crippen LogP contribution >= 0.6 is 0 Å². The Kier molecular flexibility index (Phi) is 3.77. The highest BCUT2D eigenvalue weighted by atomic mass is 28.2. The number of allylic oxidation sites excluding steroid dienone is 1. The lowest BCUT2D eigenvalue weighted by molar-refractivity contribution is 0.251. The van der Waals surface area contributed by atoms with E-state index in [0.29, 0.717) is 0 Å². The molecule has 0 saturated heterocycles. The summed E-state index contributed by atoms with van der Waals surface area (Å²) >= 11 is 0. The quantitative estimate of drug-likeness (QED) is 0.592. The van der Waals surface area contributed by atoms with Crippen molar-refractivity contribution in [3.63, 3.8) is 0 Å². The Labute approximate surface area is 106 Å². The molecule has 0 N–H and O–H groups in total. The van der Waals surface area contributed by atoms with Gasteiger partial charge in [0.1, 0.15) is 10.5 Å². The lowest BCUT2D eigenvalue weighted by Crippen LogP contribution is -2.02. The lowest BCUT2D eigenvalue weighted by Gasteiger charge is -2.18. The van der Waals surface area contributed by atoms with Gasteiger partial charge in [-0.1, -0.05) is 42.5 Å². The van der Waals surface area contributed by atoms with Crippen molar-refractivity contribution in [1.82, 2.24) is 0 Å². The van der Waals surface area contributed by atoms with Crippen molar-refractivity contribution < 1.29 is 4.43 Å². The number of hydrogen-bond acceptors (Lipinski definition) is 1. The molecule has 0 saturated carbocycles. The number of hydrogen-bond donors (Lipinski definition) is 0. The van der Waals surface area contributed by atoms with Crippen LogP contribution in [0, 0.1) is 0 Å². The molecule has 0 aliphatic carbocycles. The zero-order valence-electron chi connectivity index (χ0n) is 10.4. The van der Waals surface area contributed by atoms with Gasteiger partial charge in [-0.2, -0.15) is 0 Å². The van der Waals surface area contributed by atoms with Crippen LogP contribution < -0.4 is 0 Å². The Bertz CT molecular complexity index is 533. The zero-order valence-corrected chi connectivity index (χ0v) is 12.4. The summed E-state index contributed by atoms with van der Waals surface area (Å²) in [7, 11) is 0.760. The molecule has 2 heteroatoms. The molecule has 0 fully saturated rings. The third-order valence-electron chi connectivity index (χ3n) is 3.19. The maximum Gasteiger partial charge on any atom is 0.146 e. The van der Waals surface area contributed by atoms with Crippen molar-refractivity contribution in [2.75, 3.05) is 0 Å². The minimum Gasteiger partial charge on any atom is -0.421 e.